The molecule has 0 aromatic carbocycles. The fourth-order valence-corrected chi connectivity index (χ4v) is 7.01. The Balaban J connectivity index is 0. The van der Waals surface area contributed by atoms with Crippen LogP contribution in [0.2, 0.25) is 0 Å². The van der Waals surface area contributed by atoms with Crippen LogP contribution >= 0.6 is 0 Å². The van der Waals surface area contributed by atoms with Crippen molar-refractivity contribution in [2.45, 2.75) is 271 Å². The van der Waals surface area contributed by atoms with Gasteiger partial charge in [-0.25, -0.2) is 0 Å². The second kappa shape index (κ2) is 45.4. The Bertz CT molecular complexity index is 577. The highest BCUT2D eigenvalue weighted by molar-refractivity contribution is 5.69. The molecule has 49 heavy (non-hydrogen) atoms. The molecule has 0 saturated heterocycles. The molecular weight excluding hydrogens is 604 g/mol. The standard InChI is InChI=1S/C25H50O4.C20H42/c1-2-3-4-5-6-7-8-9-10-11-12-13-14-15-16-17-18-19-20-23(25(28)29)21-24(27)22-26;1-3-5-7-9-11-13-15-17-19-20-18-16-14-12-10-8-6-4-2/h23-24,26-27H,2-22H2,1H3,(H,28,29);3-20H2,1-2H3. The Kier molecular flexibility index (Phi) is 46.8. The first-order chi connectivity index (χ1) is 24.0. The van der Waals surface area contributed by atoms with Crippen LogP contribution in [0, 0.1) is 5.92 Å². The van der Waals surface area contributed by atoms with Crippen LogP contribution in [0.25, 0.3) is 0 Å². The predicted octanol–water partition coefficient (Wildman–Crippen LogP) is 14.9. The van der Waals surface area contributed by atoms with Crippen LogP contribution in [0.1, 0.15) is 265 Å². The summed E-state index contributed by atoms with van der Waals surface area (Å²) >= 11 is 0. The summed E-state index contributed by atoms with van der Waals surface area (Å²) in [5.41, 5.74) is 0. The number of unbranched alkanes of at least 4 members (excludes halogenated alkanes) is 34. The quantitative estimate of drug-likeness (QED) is 0.0557. The number of carboxylic acid groups (broad SMARTS) is 1. The lowest BCUT2D eigenvalue weighted by Gasteiger charge is -2.15. The number of hydrogen-bond donors (Lipinski definition) is 3. The van der Waals surface area contributed by atoms with Crippen molar-refractivity contribution < 1.29 is 20.1 Å². The van der Waals surface area contributed by atoms with Gasteiger partial charge in [0.05, 0.1) is 18.6 Å². The van der Waals surface area contributed by atoms with Crippen LogP contribution in [-0.2, 0) is 4.79 Å². The van der Waals surface area contributed by atoms with Crippen molar-refractivity contribution in [3.8, 4) is 0 Å². The summed E-state index contributed by atoms with van der Waals surface area (Å²) in [6.45, 7) is 6.51. The fraction of sp³-hybridized carbons (Fsp3) is 0.978. The van der Waals surface area contributed by atoms with E-state index in [1.807, 2.05) is 0 Å². The molecule has 0 aliphatic heterocycles. The molecule has 0 amide bonds. The topological polar surface area (TPSA) is 77.8 Å². The van der Waals surface area contributed by atoms with E-state index >= 15 is 0 Å². The number of aliphatic carboxylic acids is 1. The largest absolute Gasteiger partial charge is 0.481 e. The summed E-state index contributed by atoms with van der Waals surface area (Å²) in [5.74, 6) is -1.39. The molecule has 4 nitrogen and oxygen atoms in total. The van der Waals surface area contributed by atoms with Crippen LogP contribution in [-0.4, -0.2) is 34.0 Å². The molecule has 0 saturated carbocycles. The average molecular weight is 697 g/mol. The Morgan fingerprint density at radius 3 is 0.776 bits per heavy atom. The zero-order valence-electron chi connectivity index (χ0n) is 34.0. The van der Waals surface area contributed by atoms with E-state index in [9.17, 15) is 9.90 Å². The second-order valence-corrected chi connectivity index (χ2v) is 15.6. The minimum Gasteiger partial charge on any atom is -0.481 e. The molecule has 2 atom stereocenters. The van der Waals surface area contributed by atoms with E-state index in [0.29, 0.717) is 6.42 Å². The summed E-state index contributed by atoms with van der Waals surface area (Å²) in [7, 11) is 0. The van der Waals surface area contributed by atoms with E-state index in [1.54, 1.807) is 0 Å². The third-order valence-electron chi connectivity index (χ3n) is 10.5. The van der Waals surface area contributed by atoms with E-state index in [-0.39, 0.29) is 13.0 Å². The molecule has 0 aromatic heterocycles. The number of carbonyl (C=O) groups is 1. The first-order valence-corrected chi connectivity index (χ1v) is 22.5. The van der Waals surface area contributed by atoms with E-state index in [1.165, 1.54) is 218 Å². The van der Waals surface area contributed by atoms with Gasteiger partial charge in [-0.2, -0.15) is 0 Å². The van der Waals surface area contributed by atoms with E-state index in [0.717, 1.165) is 12.8 Å². The lowest BCUT2D eigenvalue weighted by Crippen LogP contribution is -2.23. The van der Waals surface area contributed by atoms with Gasteiger partial charge in [0.15, 0.2) is 0 Å². The Morgan fingerprint density at radius 1 is 0.388 bits per heavy atom. The van der Waals surface area contributed by atoms with Crippen molar-refractivity contribution in [1.29, 1.82) is 0 Å². The molecule has 296 valence electrons. The normalized spacial score (nSPS) is 12.5. The molecule has 0 aromatic rings. The molecule has 0 spiro atoms. The van der Waals surface area contributed by atoms with E-state index < -0.39 is 18.0 Å². The molecule has 4 heteroatoms. The van der Waals surface area contributed by atoms with Crippen molar-refractivity contribution in [1.82, 2.24) is 0 Å². The minimum absolute atomic E-state index is 0.158. The zero-order valence-corrected chi connectivity index (χ0v) is 34.0. The van der Waals surface area contributed by atoms with Gasteiger partial charge in [0.25, 0.3) is 0 Å². The van der Waals surface area contributed by atoms with Crippen LogP contribution in [0.5, 0.6) is 0 Å². The van der Waals surface area contributed by atoms with Gasteiger partial charge in [-0.15, -0.1) is 0 Å². The lowest BCUT2D eigenvalue weighted by atomic mass is 9.94. The Hall–Kier alpha value is -0.610. The lowest BCUT2D eigenvalue weighted by molar-refractivity contribution is -0.143. The van der Waals surface area contributed by atoms with E-state index in [4.69, 9.17) is 10.2 Å². The first-order valence-electron chi connectivity index (χ1n) is 22.5. The molecule has 0 aliphatic carbocycles. The first kappa shape index (κ1) is 50.5. The van der Waals surface area contributed by atoms with E-state index in [2.05, 4.69) is 20.8 Å². The van der Waals surface area contributed by atoms with Crippen LogP contribution in [0.3, 0.4) is 0 Å². The Labute approximate surface area is 308 Å². The molecule has 0 rings (SSSR count). The number of carboxylic acids is 1. The Morgan fingerprint density at radius 2 is 0.592 bits per heavy atom. The molecular formula is C45H92O4. The summed E-state index contributed by atoms with van der Waals surface area (Å²) in [4.78, 5) is 11.2. The maximum atomic E-state index is 11.2. The summed E-state index contributed by atoms with van der Waals surface area (Å²) in [6, 6.07) is 0. The van der Waals surface area contributed by atoms with Gasteiger partial charge >= 0.3 is 5.97 Å². The summed E-state index contributed by atoms with van der Waals surface area (Å²) in [6.07, 6.45) is 50.1. The SMILES string of the molecule is CCCCCCCCCCCCCCCCCCCC.CCCCCCCCCCCCCCCCCCCCC(CC(O)CO)C(=O)O. The highest BCUT2D eigenvalue weighted by atomic mass is 16.4. The van der Waals surface area contributed by atoms with Gasteiger partial charge in [-0.1, -0.05) is 252 Å². The van der Waals surface area contributed by atoms with Crippen LogP contribution in [0.15, 0.2) is 0 Å². The number of hydrogen-bond acceptors (Lipinski definition) is 3. The highest BCUT2D eigenvalue weighted by Gasteiger charge is 2.20. The molecule has 0 heterocycles. The van der Waals surface area contributed by atoms with Gasteiger partial charge in [0, 0.05) is 0 Å². The van der Waals surface area contributed by atoms with Crippen LogP contribution in [0.4, 0.5) is 0 Å². The molecule has 0 fully saturated rings. The monoisotopic (exact) mass is 697 g/mol. The van der Waals surface area contributed by atoms with Gasteiger partial charge < -0.3 is 15.3 Å². The van der Waals surface area contributed by atoms with Gasteiger partial charge in [-0.3, -0.25) is 4.79 Å². The number of aliphatic hydroxyl groups excluding tert-OH is 2. The average Bonchev–Trinajstić information content (AvgIpc) is 3.10. The smallest absolute Gasteiger partial charge is 0.306 e. The zero-order chi connectivity index (χ0) is 36.3. The van der Waals surface area contributed by atoms with Crippen molar-refractivity contribution in [3.63, 3.8) is 0 Å². The maximum absolute atomic E-state index is 11.2. The van der Waals surface area contributed by atoms with Crippen molar-refractivity contribution >= 4 is 5.97 Å². The fourth-order valence-electron chi connectivity index (χ4n) is 7.01. The second-order valence-electron chi connectivity index (χ2n) is 15.6. The van der Waals surface area contributed by atoms with Crippen molar-refractivity contribution in [3.05, 3.63) is 0 Å². The molecule has 2 unspecified atom stereocenters. The highest BCUT2D eigenvalue weighted by Crippen LogP contribution is 2.19. The third kappa shape index (κ3) is 45.4. The van der Waals surface area contributed by atoms with Gasteiger partial charge in [-0.05, 0) is 12.8 Å². The summed E-state index contributed by atoms with van der Waals surface area (Å²) in [5, 5.41) is 27.4. The number of aliphatic hydroxyl groups is 2. The molecule has 0 aliphatic rings. The predicted molar refractivity (Wildman–Crippen MR) is 217 cm³/mol. The molecule has 0 radical (unpaired) electrons. The number of rotatable bonds is 40. The minimum atomic E-state index is -0.911. The van der Waals surface area contributed by atoms with Crippen molar-refractivity contribution in [2.75, 3.05) is 6.61 Å². The maximum Gasteiger partial charge on any atom is 0.306 e. The summed E-state index contributed by atoms with van der Waals surface area (Å²) < 4.78 is 0. The third-order valence-corrected chi connectivity index (χ3v) is 10.5. The van der Waals surface area contributed by atoms with Gasteiger partial charge in [0.2, 0.25) is 0 Å². The van der Waals surface area contributed by atoms with Gasteiger partial charge in [0.1, 0.15) is 0 Å². The van der Waals surface area contributed by atoms with Crippen LogP contribution < -0.4 is 0 Å². The molecule has 3 N–H and O–H groups in total. The van der Waals surface area contributed by atoms with Crippen molar-refractivity contribution in [2.24, 2.45) is 5.92 Å². The molecule has 0 bridgehead atoms.